The first-order chi connectivity index (χ1) is 9.90. The highest BCUT2D eigenvalue weighted by atomic mass is 32.2. The second-order valence-corrected chi connectivity index (χ2v) is 6.59. The summed E-state index contributed by atoms with van der Waals surface area (Å²) in [5, 5.41) is 8.85. The topological polar surface area (TPSA) is 92.7 Å². The Morgan fingerprint density at radius 3 is 2.67 bits per heavy atom. The smallest absolute Gasteiger partial charge is 0.335 e. The number of halogens is 1. The fourth-order valence-corrected chi connectivity index (χ4v) is 3.32. The minimum atomic E-state index is -4.08. The number of aromatic carboxylic acids is 1. The Balaban J connectivity index is 2.14. The molecule has 8 heteroatoms. The van der Waals surface area contributed by atoms with E-state index in [4.69, 9.17) is 9.84 Å². The first-order valence-electron chi connectivity index (χ1n) is 6.50. The van der Waals surface area contributed by atoms with Crippen LogP contribution in [-0.4, -0.2) is 39.3 Å². The van der Waals surface area contributed by atoms with Crippen LogP contribution in [0.5, 0.6) is 0 Å². The number of carbonyl (C=O) groups is 1. The van der Waals surface area contributed by atoms with Gasteiger partial charge in [0.1, 0.15) is 10.7 Å². The highest BCUT2D eigenvalue weighted by Gasteiger charge is 2.23. The van der Waals surface area contributed by atoms with Crippen molar-refractivity contribution in [1.29, 1.82) is 0 Å². The molecule has 2 N–H and O–H groups in total. The molecule has 0 aliphatic carbocycles. The van der Waals surface area contributed by atoms with Crippen molar-refractivity contribution in [2.24, 2.45) is 5.92 Å². The second-order valence-electron chi connectivity index (χ2n) is 4.86. The lowest BCUT2D eigenvalue weighted by Crippen LogP contribution is -2.32. The van der Waals surface area contributed by atoms with E-state index in [1.165, 1.54) is 0 Å². The molecule has 0 aromatic heterocycles. The van der Waals surface area contributed by atoms with E-state index in [0.717, 1.165) is 31.0 Å². The summed E-state index contributed by atoms with van der Waals surface area (Å²) < 4.78 is 45.4. The van der Waals surface area contributed by atoms with Gasteiger partial charge in [-0.1, -0.05) is 0 Å². The zero-order valence-corrected chi connectivity index (χ0v) is 12.0. The average molecular weight is 317 g/mol. The van der Waals surface area contributed by atoms with E-state index in [1.807, 2.05) is 0 Å². The van der Waals surface area contributed by atoms with Crippen molar-refractivity contribution in [3.05, 3.63) is 29.6 Å². The largest absolute Gasteiger partial charge is 0.478 e. The van der Waals surface area contributed by atoms with E-state index in [-0.39, 0.29) is 18.0 Å². The molecule has 1 aliphatic rings. The monoisotopic (exact) mass is 317 g/mol. The molecule has 1 aliphatic heterocycles. The number of rotatable bonds is 5. The number of hydrogen-bond donors (Lipinski definition) is 2. The van der Waals surface area contributed by atoms with Gasteiger partial charge in [0.2, 0.25) is 10.0 Å². The third-order valence-electron chi connectivity index (χ3n) is 3.37. The molecule has 21 heavy (non-hydrogen) atoms. The zero-order valence-electron chi connectivity index (χ0n) is 11.2. The molecule has 0 atom stereocenters. The molecule has 0 saturated carbocycles. The number of benzene rings is 1. The van der Waals surface area contributed by atoms with Crippen LogP contribution in [0.25, 0.3) is 0 Å². The Hall–Kier alpha value is -1.51. The summed E-state index contributed by atoms with van der Waals surface area (Å²) in [4.78, 5) is 10.2. The van der Waals surface area contributed by atoms with Crippen molar-refractivity contribution in [2.45, 2.75) is 17.7 Å². The molecule has 1 aromatic rings. The van der Waals surface area contributed by atoms with Gasteiger partial charge in [0.25, 0.3) is 0 Å². The summed E-state index contributed by atoms with van der Waals surface area (Å²) in [5.41, 5.74) is -0.275. The average Bonchev–Trinajstić information content (AvgIpc) is 2.46. The van der Waals surface area contributed by atoms with E-state index in [0.29, 0.717) is 13.2 Å². The Labute approximate surface area is 122 Å². The van der Waals surface area contributed by atoms with Crippen LogP contribution in [0.4, 0.5) is 4.39 Å². The number of carboxylic acids is 1. The van der Waals surface area contributed by atoms with Crippen LogP contribution in [0.1, 0.15) is 23.2 Å². The Morgan fingerprint density at radius 2 is 2.05 bits per heavy atom. The molecule has 0 unspecified atom stereocenters. The van der Waals surface area contributed by atoms with E-state index in [2.05, 4.69) is 4.72 Å². The summed E-state index contributed by atoms with van der Waals surface area (Å²) in [6.45, 7) is 1.34. The lowest BCUT2D eigenvalue weighted by Gasteiger charge is -2.22. The molecule has 0 bridgehead atoms. The van der Waals surface area contributed by atoms with Gasteiger partial charge >= 0.3 is 5.97 Å². The van der Waals surface area contributed by atoms with Crippen LogP contribution in [0.3, 0.4) is 0 Å². The van der Waals surface area contributed by atoms with Crippen molar-refractivity contribution < 1.29 is 27.4 Å². The standard InChI is InChI=1S/C13H16FNO5S/c14-11-2-1-10(13(16)17)7-12(11)21(18,19)15-8-9-3-5-20-6-4-9/h1-2,7,9,15H,3-6,8H2,(H,16,17). The maximum atomic E-state index is 13.7. The molecule has 0 spiro atoms. The van der Waals surface area contributed by atoms with Gasteiger partial charge in [-0.05, 0) is 37.0 Å². The van der Waals surface area contributed by atoms with Gasteiger partial charge in [0.05, 0.1) is 5.56 Å². The SMILES string of the molecule is O=C(O)c1ccc(F)c(S(=O)(=O)NCC2CCOCC2)c1. The molecule has 1 fully saturated rings. The van der Waals surface area contributed by atoms with Crippen molar-refractivity contribution in [3.63, 3.8) is 0 Å². The quantitative estimate of drug-likeness (QED) is 0.852. The maximum Gasteiger partial charge on any atom is 0.335 e. The van der Waals surface area contributed by atoms with Crippen LogP contribution < -0.4 is 4.72 Å². The van der Waals surface area contributed by atoms with Crippen molar-refractivity contribution in [2.75, 3.05) is 19.8 Å². The normalized spacial score (nSPS) is 16.8. The van der Waals surface area contributed by atoms with Gasteiger partial charge < -0.3 is 9.84 Å². The van der Waals surface area contributed by atoms with Gasteiger partial charge in [-0.15, -0.1) is 0 Å². The number of carboxylic acid groups (broad SMARTS) is 1. The second kappa shape index (κ2) is 6.50. The minimum Gasteiger partial charge on any atom is -0.478 e. The van der Waals surface area contributed by atoms with Gasteiger partial charge in [-0.3, -0.25) is 0 Å². The fourth-order valence-electron chi connectivity index (χ4n) is 2.10. The number of sulfonamides is 1. The molecule has 0 amide bonds. The van der Waals surface area contributed by atoms with E-state index < -0.39 is 26.7 Å². The first-order valence-corrected chi connectivity index (χ1v) is 7.99. The Morgan fingerprint density at radius 1 is 1.38 bits per heavy atom. The van der Waals surface area contributed by atoms with E-state index in [1.54, 1.807) is 0 Å². The highest BCUT2D eigenvalue weighted by Crippen LogP contribution is 2.18. The van der Waals surface area contributed by atoms with Gasteiger partial charge in [-0.2, -0.15) is 0 Å². The fraction of sp³-hybridized carbons (Fsp3) is 0.462. The maximum absolute atomic E-state index is 13.7. The molecule has 6 nitrogen and oxygen atoms in total. The third kappa shape index (κ3) is 3.99. The van der Waals surface area contributed by atoms with E-state index in [9.17, 15) is 17.6 Å². The van der Waals surface area contributed by atoms with Crippen LogP contribution in [0, 0.1) is 11.7 Å². The molecular weight excluding hydrogens is 301 g/mol. The summed E-state index contributed by atoms with van der Waals surface area (Å²) >= 11 is 0. The summed E-state index contributed by atoms with van der Waals surface area (Å²) in [6, 6.07) is 2.69. The predicted octanol–water partition coefficient (Wildman–Crippen LogP) is 1.23. The molecule has 2 rings (SSSR count). The molecule has 1 aromatic carbocycles. The Bertz CT molecular complexity index is 625. The first kappa shape index (κ1) is 15.9. The zero-order chi connectivity index (χ0) is 15.5. The van der Waals surface area contributed by atoms with Crippen LogP contribution in [0.15, 0.2) is 23.1 Å². The van der Waals surface area contributed by atoms with Crippen molar-refractivity contribution in [1.82, 2.24) is 4.72 Å². The summed E-state index contributed by atoms with van der Waals surface area (Å²) in [5.74, 6) is -2.14. The van der Waals surface area contributed by atoms with Crippen LogP contribution in [0.2, 0.25) is 0 Å². The predicted molar refractivity (Wildman–Crippen MR) is 72.1 cm³/mol. The minimum absolute atomic E-state index is 0.138. The summed E-state index contributed by atoms with van der Waals surface area (Å²) in [6.07, 6.45) is 1.47. The van der Waals surface area contributed by atoms with Gasteiger partial charge in [-0.25, -0.2) is 22.3 Å². The Kier molecular flexibility index (Phi) is 4.92. The molecule has 1 saturated heterocycles. The van der Waals surface area contributed by atoms with Gasteiger partial charge in [0.15, 0.2) is 0 Å². The molecule has 1 heterocycles. The van der Waals surface area contributed by atoms with E-state index >= 15 is 0 Å². The number of hydrogen-bond acceptors (Lipinski definition) is 4. The lowest BCUT2D eigenvalue weighted by atomic mass is 10.0. The van der Waals surface area contributed by atoms with Crippen LogP contribution >= 0.6 is 0 Å². The third-order valence-corrected chi connectivity index (χ3v) is 4.81. The molecular formula is C13H16FNO5S. The van der Waals surface area contributed by atoms with Gasteiger partial charge in [0, 0.05) is 19.8 Å². The number of ether oxygens (including phenoxy) is 1. The lowest BCUT2D eigenvalue weighted by molar-refractivity contribution is 0.0677. The highest BCUT2D eigenvalue weighted by molar-refractivity contribution is 7.89. The van der Waals surface area contributed by atoms with Crippen molar-refractivity contribution in [3.8, 4) is 0 Å². The molecule has 0 radical (unpaired) electrons. The number of nitrogens with one attached hydrogen (secondary N) is 1. The van der Waals surface area contributed by atoms with Crippen molar-refractivity contribution >= 4 is 16.0 Å². The summed E-state index contributed by atoms with van der Waals surface area (Å²) in [7, 11) is -4.08. The van der Waals surface area contributed by atoms with Crippen LogP contribution in [-0.2, 0) is 14.8 Å². The molecule has 116 valence electrons.